The van der Waals surface area contributed by atoms with Crippen molar-refractivity contribution < 1.29 is 9.53 Å². The SMILES string of the molecule is COC(=O)C(N=C(N)NN)c1ccccc1. The van der Waals surface area contributed by atoms with Crippen LogP contribution in [0.25, 0.3) is 0 Å². The van der Waals surface area contributed by atoms with Crippen LogP contribution in [0.5, 0.6) is 0 Å². The number of hydrogen-bond acceptors (Lipinski definition) is 4. The van der Waals surface area contributed by atoms with Crippen LogP contribution in [0.1, 0.15) is 11.6 Å². The lowest BCUT2D eigenvalue weighted by Gasteiger charge is -2.11. The Kier molecular flexibility index (Phi) is 4.28. The van der Waals surface area contributed by atoms with E-state index in [-0.39, 0.29) is 5.96 Å². The molecule has 0 saturated carbocycles. The minimum Gasteiger partial charge on any atom is -0.467 e. The summed E-state index contributed by atoms with van der Waals surface area (Å²) in [6, 6.07) is 8.15. The van der Waals surface area contributed by atoms with Gasteiger partial charge in [0.15, 0.2) is 6.04 Å². The van der Waals surface area contributed by atoms with Crippen LogP contribution in [0.4, 0.5) is 0 Å². The van der Waals surface area contributed by atoms with Crippen LogP contribution < -0.4 is 17.0 Å². The maximum absolute atomic E-state index is 11.5. The molecule has 0 aromatic heterocycles. The van der Waals surface area contributed by atoms with Crippen LogP contribution in [0.2, 0.25) is 0 Å². The van der Waals surface area contributed by atoms with Crippen molar-refractivity contribution >= 4 is 11.9 Å². The first-order valence-electron chi connectivity index (χ1n) is 4.61. The summed E-state index contributed by atoms with van der Waals surface area (Å²) in [5.41, 5.74) is 8.26. The molecule has 1 aromatic carbocycles. The van der Waals surface area contributed by atoms with Crippen molar-refractivity contribution in [3.05, 3.63) is 35.9 Å². The van der Waals surface area contributed by atoms with Gasteiger partial charge in [-0.25, -0.2) is 15.6 Å². The Morgan fingerprint density at radius 2 is 2.06 bits per heavy atom. The molecule has 0 aliphatic heterocycles. The summed E-state index contributed by atoms with van der Waals surface area (Å²) in [5, 5.41) is 0. The lowest BCUT2D eigenvalue weighted by atomic mass is 10.1. The van der Waals surface area contributed by atoms with Crippen LogP contribution in [-0.2, 0) is 9.53 Å². The van der Waals surface area contributed by atoms with E-state index >= 15 is 0 Å². The Morgan fingerprint density at radius 1 is 1.44 bits per heavy atom. The molecule has 1 aromatic rings. The number of ether oxygens (including phenoxy) is 1. The molecular formula is C10H14N4O2. The number of nitrogens with two attached hydrogens (primary N) is 2. The molecule has 86 valence electrons. The van der Waals surface area contributed by atoms with Crippen LogP contribution in [0, 0.1) is 0 Å². The average Bonchev–Trinajstić information content (AvgIpc) is 2.35. The summed E-state index contributed by atoms with van der Waals surface area (Å²) in [6.07, 6.45) is 0. The number of esters is 1. The van der Waals surface area contributed by atoms with Crippen LogP contribution in [-0.4, -0.2) is 19.0 Å². The van der Waals surface area contributed by atoms with Crippen LogP contribution in [0.3, 0.4) is 0 Å². The number of nitrogens with zero attached hydrogens (tertiary/aromatic N) is 1. The summed E-state index contributed by atoms with van der Waals surface area (Å²) < 4.78 is 4.64. The van der Waals surface area contributed by atoms with Gasteiger partial charge in [-0.2, -0.15) is 0 Å². The lowest BCUT2D eigenvalue weighted by Crippen LogP contribution is -2.38. The predicted octanol–water partition coefficient (Wildman–Crippen LogP) is -0.321. The maximum atomic E-state index is 11.5. The van der Waals surface area contributed by atoms with Crippen LogP contribution >= 0.6 is 0 Å². The van der Waals surface area contributed by atoms with Crippen molar-refractivity contribution in [1.29, 1.82) is 0 Å². The average molecular weight is 222 g/mol. The number of rotatable bonds is 3. The van der Waals surface area contributed by atoms with E-state index in [1.54, 1.807) is 24.3 Å². The van der Waals surface area contributed by atoms with Gasteiger partial charge in [-0.05, 0) is 5.56 Å². The molecule has 0 aliphatic carbocycles. The van der Waals surface area contributed by atoms with E-state index in [0.29, 0.717) is 5.56 Å². The largest absolute Gasteiger partial charge is 0.467 e. The molecule has 6 nitrogen and oxygen atoms in total. The quantitative estimate of drug-likeness (QED) is 0.214. The third kappa shape index (κ3) is 2.96. The van der Waals surface area contributed by atoms with Gasteiger partial charge in [0.25, 0.3) is 0 Å². The Morgan fingerprint density at radius 3 is 2.56 bits per heavy atom. The zero-order valence-corrected chi connectivity index (χ0v) is 8.88. The second kappa shape index (κ2) is 5.72. The zero-order chi connectivity index (χ0) is 12.0. The fourth-order valence-electron chi connectivity index (χ4n) is 1.19. The van der Waals surface area contributed by atoms with Crippen molar-refractivity contribution in [1.82, 2.24) is 5.43 Å². The van der Waals surface area contributed by atoms with Gasteiger partial charge >= 0.3 is 5.97 Å². The summed E-state index contributed by atoms with van der Waals surface area (Å²) >= 11 is 0. The van der Waals surface area contributed by atoms with Crippen molar-refractivity contribution in [3.8, 4) is 0 Å². The minimum absolute atomic E-state index is 0.0285. The molecule has 16 heavy (non-hydrogen) atoms. The van der Waals surface area contributed by atoms with Crippen molar-refractivity contribution in [2.45, 2.75) is 6.04 Å². The van der Waals surface area contributed by atoms with E-state index in [2.05, 4.69) is 15.2 Å². The van der Waals surface area contributed by atoms with Crippen molar-refractivity contribution in [2.75, 3.05) is 7.11 Å². The summed E-state index contributed by atoms with van der Waals surface area (Å²) in [6.45, 7) is 0. The van der Waals surface area contributed by atoms with E-state index in [0.717, 1.165) is 0 Å². The molecular weight excluding hydrogens is 208 g/mol. The number of carbonyl (C=O) groups excluding carboxylic acids is 1. The number of guanidine groups is 1. The monoisotopic (exact) mass is 222 g/mol. The number of hydrazine groups is 1. The number of carbonyl (C=O) groups is 1. The fraction of sp³-hybridized carbons (Fsp3) is 0.200. The second-order valence-electron chi connectivity index (χ2n) is 3.00. The van der Waals surface area contributed by atoms with Gasteiger partial charge in [-0.3, -0.25) is 5.43 Å². The third-order valence-corrected chi connectivity index (χ3v) is 1.96. The maximum Gasteiger partial charge on any atom is 0.335 e. The van der Waals surface area contributed by atoms with E-state index in [9.17, 15) is 4.79 Å². The van der Waals surface area contributed by atoms with Gasteiger partial charge in [0, 0.05) is 0 Å². The van der Waals surface area contributed by atoms with Crippen molar-refractivity contribution in [3.63, 3.8) is 0 Å². The molecule has 0 spiro atoms. The summed E-state index contributed by atoms with van der Waals surface area (Å²) in [5.74, 6) is 4.56. The van der Waals surface area contributed by atoms with Gasteiger partial charge in [0.1, 0.15) is 0 Å². The van der Waals surface area contributed by atoms with E-state index < -0.39 is 12.0 Å². The molecule has 5 N–H and O–H groups in total. The van der Waals surface area contributed by atoms with Gasteiger partial charge in [0.2, 0.25) is 5.96 Å². The fourth-order valence-corrected chi connectivity index (χ4v) is 1.19. The topological polar surface area (TPSA) is 103 Å². The molecule has 0 heterocycles. The second-order valence-corrected chi connectivity index (χ2v) is 3.00. The highest BCUT2D eigenvalue weighted by Crippen LogP contribution is 2.18. The molecule has 0 bridgehead atoms. The highest BCUT2D eigenvalue weighted by molar-refractivity contribution is 5.84. The molecule has 1 unspecified atom stereocenters. The molecule has 1 rings (SSSR count). The van der Waals surface area contributed by atoms with E-state index in [1.165, 1.54) is 7.11 Å². The molecule has 0 amide bonds. The van der Waals surface area contributed by atoms with Crippen molar-refractivity contribution in [2.24, 2.45) is 16.6 Å². The Labute approximate surface area is 93.3 Å². The Balaban J connectivity index is 3.02. The highest BCUT2D eigenvalue weighted by atomic mass is 16.5. The first-order valence-corrected chi connectivity index (χ1v) is 4.61. The molecule has 0 aliphatic rings. The number of hydrogen-bond donors (Lipinski definition) is 3. The number of benzene rings is 1. The normalized spacial score (nSPS) is 13.0. The summed E-state index contributed by atoms with van der Waals surface area (Å²) in [7, 11) is 1.29. The smallest absolute Gasteiger partial charge is 0.335 e. The predicted molar refractivity (Wildman–Crippen MR) is 60.1 cm³/mol. The first kappa shape index (κ1) is 12.0. The number of methoxy groups -OCH3 is 1. The van der Waals surface area contributed by atoms with Gasteiger partial charge < -0.3 is 10.5 Å². The molecule has 0 saturated heterocycles. The highest BCUT2D eigenvalue weighted by Gasteiger charge is 2.20. The number of aliphatic imine (C=N–C) groups is 1. The molecule has 6 heteroatoms. The molecule has 0 radical (unpaired) electrons. The minimum atomic E-state index is -0.803. The van der Waals surface area contributed by atoms with Gasteiger partial charge in [-0.1, -0.05) is 30.3 Å². The molecule has 0 fully saturated rings. The Bertz CT molecular complexity index is 378. The standard InChI is InChI=1S/C10H14N4O2/c1-16-9(15)8(13-10(11)14-12)7-5-3-2-4-6-7/h2-6,8H,12H2,1H3,(H3,11,13,14). The van der Waals surface area contributed by atoms with Gasteiger partial charge in [-0.15, -0.1) is 0 Å². The van der Waals surface area contributed by atoms with E-state index in [1.807, 2.05) is 6.07 Å². The zero-order valence-electron chi connectivity index (χ0n) is 8.88. The van der Waals surface area contributed by atoms with E-state index in [4.69, 9.17) is 11.6 Å². The Hall–Kier alpha value is -2.08. The lowest BCUT2D eigenvalue weighted by molar-refractivity contribution is -0.142. The first-order chi connectivity index (χ1) is 7.69. The van der Waals surface area contributed by atoms with Crippen LogP contribution in [0.15, 0.2) is 35.3 Å². The third-order valence-electron chi connectivity index (χ3n) is 1.96. The molecule has 1 atom stereocenters. The van der Waals surface area contributed by atoms with Gasteiger partial charge in [0.05, 0.1) is 7.11 Å². The number of nitrogens with one attached hydrogen (secondary N) is 1. The summed E-state index contributed by atoms with van der Waals surface area (Å²) in [4.78, 5) is 15.4.